The van der Waals surface area contributed by atoms with Gasteiger partial charge in [0, 0.05) is 10.4 Å². The van der Waals surface area contributed by atoms with E-state index in [0.717, 1.165) is 16.3 Å². The monoisotopic (exact) mass is 234 g/mol. The zero-order valence-corrected chi connectivity index (χ0v) is 10.4. The fraction of sp³-hybridized carbons (Fsp3) is 0.250. The largest absolute Gasteiger partial charge is 0.495 e. The van der Waals surface area contributed by atoms with Gasteiger partial charge < -0.3 is 10.5 Å². The van der Waals surface area contributed by atoms with E-state index >= 15 is 0 Å². The predicted molar refractivity (Wildman–Crippen MR) is 68.0 cm³/mol. The van der Waals surface area contributed by atoms with Crippen molar-refractivity contribution in [1.29, 1.82) is 0 Å². The highest BCUT2D eigenvalue weighted by atomic mass is 32.1. The van der Waals surface area contributed by atoms with Crippen LogP contribution in [0.4, 0.5) is 5.69 Å². The Hall–Kier alpha value is -1.55. The number of ether oxygens (including phenoxy) is 1. The second-order valence-electron chi connectivity index (χ2n) is 3.62. The fourth-order valence-corrected chi connectivity index (χ4v) is 2.37. The van der Waals surface area contributed by atoms with Crippen molar-refractivity contribution in [1.82, 2.24) is 4.98 Å². The third-order valence-electron chi connectivity index (χ3n) is 2.51. The number of aromatic nitrogens is 1. The highest BCUT2D eigenvalue weighted by molar-refractivity contribution is 7.15. The van der Waals surface area contributed by atoms with Crippen LogP contribution in [0, 0.1) is 13.8 Å². The maximum atomic E-state index is 5.87. The van der Waals surface area contributed by atoms with Crippen LogP contribution >= 0.6 is 11.3 Å². The van der Waals surface area contributed by atoms with E-state index in [9.17, 15) is 0 Å². The summed E-state index contributed by atoms with van der Waals surface area (Å²) in [6.07, 6.45) is 0. The van der Waals surface area contributed by atoms with Crippen LogP contribution in [0.1, 0.15) is 10.6 Å². The van der Waals surface area contributed by atoms with Crippen molar-refractivity contribution in [3.63, 3.8) is 0 Å². The number of aryl methyl sites for hydroxylation is 2. The number of nitrogens with zero attached hydrogens (tertiary/aromatic N) is 1. The molecule has 2 N–H and O–H groups in total. The molecule has 0 aliphatic rings. The number of rotatable bonds is 2. The fourth-order valence-electron chi connectivity index (χ4n) is 1.46. The van der Waals surface area contributed by atoms with Gasteiger partial charge in [-0.05, 0) is 32.0 Å². The number of anilines is 1. The molecule has 0 bridgehead atoms. The quantitative estimate of drug-likeness (QED) is 0.812. The SMILES string of the molecule is COc1ccc(-c2nc(C)c(C)s2)cc1N. The number of nitrogen functional groups attached to an aromatic ring is 1. The number of hydrogen-bond acceptors (Lipinski definition) is 4. The lowest BCUT2D eigenvalue weighted by Gasteiger charge is -2.05. The van der Waals surface area contributed by atoms with Crippen molar-refractivity contribution in [2.24, 2.45) is 0 Å². The van der Waals surface area contributed by atoms with Gasteiger partial charge in [0.05, 0.1) is 18.5 Å². The molecule has 2 rings (SSSR count). The lowest BCUT2D eigenvalue weighted by Crippen LogP contribution is -1.92. The van der Waals surface area contributed by atoms with E-state index in [1.807, 2.05) is 25.1 Å². The Morgan fingerprint density at radius 3 is 2.56 bits per heavy atom. The van der Waals surface area contributed by atoms with Crippen molar-refractivity contribution in [2.45, 2.75) is 13.8 Å². The van der Waals surface area contributed by atoms with Crippen LogP contribution in [0.2, 0.25) is 0 Å². The smallest absolute Gasteiger partial charge is 0.141 e. The molecule has 0 amide bonds. The highest BCUT2D eigenvalue weighted by Crippen LogP contribution is 2.31. The van der Waals surface area contributed by atoms with Gasteiger partial charge in [0.1, 0.15) is 10.8 Å². The van der Waals surface area contributed by atoms with Crippen LogP contribution in [0.3, 0.4) is 0 Å². The average molecular weight is 234 g/mol. The maximum Gasteiger partial charge on any atom is 0.141 e. The van der Waals surface area contributed by atoms with Gasteiger partial charge in [-0.25, -0.2) is 4.98 Å². The molecule has 4 heteroatoms. The summed E-state index contributed by atoms with van der Waals surface area (Å²) >= 11 is 1.68. The van der Waals surface area contributed by atoms with Crippen molar-refractivity contribution < 1.29 is 4.74 Å². The first kappa shape index (κ1) is 11.0. The van der Waals surface area contributed by atoms with Gasteiger partial charge >= 0.3 is 0 Å². The molecule has 1 heterocycles. The molecule has 0 saturated carbocycles. The molecule has 0 fully saturated rings. The zero-order valence-electron chi connectivity index (χ0n) is 9.57. The number of nitrogens with two attached hydrogens (primary N) is 1. The molecule has 0 aliphatic heterocycles. The minimum atomic E-state index is 0.644. The second-order valence-corrected chi connectivity index (χ2v) is 4.82. The van der Waals surface area contributed by atoms with Crippen LogP contribution in [-0.2, 0) is 0 Å². The van der Waals surface area contributed by atoms with Gasteiger partial charge in [-0.3, -0.25) is 0 Å². The standard InChI is InChI=1S/C12H14N2OS/c1-7-8(2)16-12(14-7)9-4-5-11(15-3)10(13)6-9/h4-6H,13H2,1-3H3. The van der Waals surface area contributed by atoms with Crippen LogP contribution in [0.5, 0.6) is 5.75 Å². The van der Waals surface area contributed by atoms with E-state index in [0.29, 0.717) is 11.4 Å². The number of methoxy groups -OCH3 is 1. The first-order valence-corrected chi connectivity index (χ1v) is 5.81. The lowest BCUT2D eigenvalue weighted by atomic mass is 10.2. The Labute approximate surface area is 98.9 Å². The van der Waals surface area contributed by atoms with Crippen molar-refractivity contribution >= 4 is 17.0 Å². The Morgan fingerprint density at radius 1 is 1.31 bits per heavy atom. The van der Waals surface area contributed by atoms with E-state index in [4.69, 9.17) is 10.5 Å². The van der Waals surface area contributed by atoms with Crippen LogP contribution in [0.15, 0.2) is 18.2 Å². The summed E-state index contributed by atoms with van der Waals surface area (Å²) in [6, 6.07) is 5.75. The summed E-state index contributed by atoms with van der Waals surface area (Å²) in [5.41, 5.74) is 8.63. The topological polar surface area (TPSA) is 48.1 Å². The normalized spacial score (nSPS) is 10.4. The highest BCUT2D eigenvalue weighted by Gasteiger charge is 2.08. The summed E-state index contributed by atoms with van der Waals surface area (Å²) in [7, 11) is 1.61. The number of hydrogen-bond donors (Lipinski definition) is 1. The van der Waals surface area contributed by atoms with E-state index in [2.05, 4.69) is 11.9 Å². The van der Waals surface area contributed by atoms with Crippen molar-refractivity contribution in [2.75, 3.05) is 12.8 Å². The van der Waals surface area contributed by atoms with Crippen molar-refractivity contribution in [3.05, 3.63) is 28.8 Å². The van der Waals surface area contributed by atoms with Gasteiger partial charge in [-0.1, -0.05) is 0 Å². The molecule has 84 valence electrons. The zero-order chi connectivity index (χ0) is 11.7. The first-order chi connectivity index (χ1) is 7.61. The summed E-state index contributed by atoms with van der Waals surface area (Å²) in [6.45, 7) is 4.09. The Kier molecular flexibility index (Phi) is 2.83. The molecule has 0 atom stereocenters. The molecule has 2 aromatic rings. The van der Waals surface area contributed by atoms with Crippen LogP contribution in [0.25, 0.3) is 10.6 Å². The van der Waals surface area contributed by atoms with Gasteiger partial charge in [-0.2, -0.15) is 0 Å². The van der Waals surface area contributed by atoms with Gasteiger partial charge in [-0.15, -0.1) is 11.3 Å². The van der Waals surface area contributed by atoms with Crippen LogP contribution in [-0.4, -0.2) is 12.1 Å². The minimum Gasteiger partial charge on any atom is -0.495 e. The van der Waals surface area contributed by atoms with E-state index in [-0.39, 0.29) is 0 Å². The number of thiazole rings is 1. The molecule has 0 spiro atoms. The Bertz CT molecular complexity index is 500. The molecule has 16 heavy (non-hydrogen) atoms. The molecular weight excluding hydrogens is 220 g/mol. The van der Waals surface area contributed by atoms with Gasteiger partial charge in [0.2, 0.25) is 0 Å². The summed E-state index contributed by atoms with van der Waals surface area (Å²) in [5, 5.41) is 1.00. The molecule has 0 aliphatic carbocycles. The summed E-state index contributed by atoms with van der Waals surface area (Å²) in [5.74, 6) is 0.703. The van der Waals surface area contributed by atoms with Gasteiger partial charge in [0.15, 0.2) is 0 Å². The third kappa shape index (κ3) is 1.88. The maximum absolute atomic E-state index is 5.87. The Balaban J connectivity index is 2.45. The van der Waals surface area contributed by atoms with Crippen molar-refractivity contribution in [3.8, 4) is 16.3 Å². The van der Waals surface area contributed by atoms with Gasteiger partial charge in [0.25, 0.3) is 0 Å². The molecule has 0 saturated heterocycles. The molecule has 0 radical (unpaired) electrons. The molecule has 1 aromatic carbocycles. The minimum absolute atomic E-state index is 0.644. The molecule has 3 nitrogen and oxygen atoms in total. The average Bonchev–Trinajstić information content (AvgIpc) is 2.59. The first-order valence-electron chi connectivity index (χ1n) is 4.99. The third-order valence-corrected chi connectivity index (χ3v) is 3.63. The van der Waals surface area contributed by atoms with E-state index in [1.165, 1.54) is 4.88 Å². The molecular formula is C12H14N2OS. The molecule has 1 aromatic heterocycles. The lowest BCUT2D eigenvalue weighted by molar-refractivity contribution is 0.417. The van der Waals surface area contributed by atoms with Crippen LogP contribution < -0.4 is 10.5 Å². The molecule has 0 unspecified atom stereocenters. The predicted octanol–water partition coefficient (Wildman–Crippen LogP) is 3.02. The summed E-state index contributed by atoms with van der Waals surface area (Å²) < 4.78 is 5.12. The number of benzene rings is 1. The Morgan fingerprint density at radius 2 is 2.06 bits per heavy atom. The summed E-state index contributed by atoms with van der Waals surface area (Å²) in [4.78, 5) is 5.74. The second kappa shape index (κ2) is 4.14. The van der Waals surface area contributed by atoms with E-state index in [1.54, 1.807) is 18.4 Å². The van der Waals surface area contributed by atoms with E-state index < -0.39 is 0 Å².